The van der Waals surface area contributed by atoms with Crippen molar-refractivity contribution in [2.45, 2.75) is 45.1 Å². The molecule has 0 aliphatic carbocycles. The minimum atomic E-state index is -4.00. The third-order valence-electron chi connectivity index (χ3n) is 5.93. The van der Waals surface area contributed by atoms with E-state index in [4.69, 9.17) is 4.74 Å². The number of piperidine rings is 1. The number of nitrogens with zero attached hydrogens (tertiary/aromatic N) is 3. The van der Waals surface area contributed by atoms with E-state index >= 15 is 0 Å². The summed E-state index contributed by atoms with van der Waals surface area (Å²) in [7, 11) is -2.28. The number of ether oxygens (including phenoxy) is 1. The van der Waals surface area contributed by atoms with Crippen LogP contribution in [0.4, 0.5) is 0 Å². The largest absolute Gasteiger partial charge is 0.462 e. The Bertz CT molecular complexity index is 1100. The predicted molar refractivity (Wildman–Crippen MR) is 118 cm³/mol. The zero-order valence-electron chi connectivity index (χ0n) is 18.9. The molecule has 9 nitrogen and oxygen atoms in total. The van der Waals surface area contributed by atoms with Gasteiger partial charge in [-0.1, -0.05) is 6.07 Å². The fourth-order valence-corrected chi connectivity index (χ4v) is 6.01. The van der Waals surface area contributed by atoms with Gasteiger partial charge in [0.05, 0.1) is 24.8 Å². The topological polar surface area (TPSA) is 111 Å². The Hall–Kier alpha value is -2.72. The molecular weight excluding hydrogens is 432 g/mol. The highest BCUT2D eigenvalue weighted by Gasteiger charge is 2.38. The van der Waals surface area contributed by atoms with Gasteiger partial charge in [0.2, 0.25) is 15.9 Å². The number of esters is 1. The van der Waals surface area contributed by atoms with Crippen molar-refractivity contribution < 1.29 is 22.7 Å². The van der Waals surface area contributed by atoms with Crippen LogP contribution in [0.2, 0.25) is 0 Å². The van der Waals surface area contributed by atoms with Gasteiger partial charge in [-0.15, -0.1) is 0 Å². The molecule has 1 unspecified atom stereocenters. The lowest BCUT2D eigenvalue weighted by molar-refractivity contribution is -0.126. The molecule has 0 aromatic carbocycles. The number of aromatic nitrogens is 2. The van der Waals surface area contributed by atoms with Crippen LogP contribution in [0, 0.1) is 19.8 Å². The molecule has 2 aromatic heterocycles. The van der Waals surface area contributed by atoms with Crippen LogP contribution in [-0.2, 0) is 33.1 Å². The smallest absolute Gasteiger partial charge is 0.341 e. The van der Waals surface area contributed by atoms with Crippen LogP contribution in [0.15, 0.2) is 29.3 Å². The summed E-state index contributed by atoms with van der Waals surface area (Å²) >= 11 is 0. The van der Waals surface area contributed by atoms with Gasteiger partial charge in [-0.05, 0) is 45.7 Å². The first kappa shape index (κ1) is 23.9. The average molecular weight is 463 g/mol. The molecule has 3 rings (SSSR count). The summed E-state index contributed by atoms with van der Waals surface area (Å²) < 4.78 is 35.3. The summed E-state index contributed by atoms with van der Waals surface area (Å²) in [6.45, 7) is 5.83. The highest BCUT2D eigenvalue weighted by Crippen LogP contribution is 2.32. The van der Waals surface area contributed by atoms with Crippen molar-refractivity contribution in [3.8, 4) is 0 Å². The molecule has 1 aliphatic heterocycles. The second-order valence-electron chi connectivity index (χ2n) is 7.90. The Morgan fingerprint density at radius 2 is 2.00 bits per heavy atom. The number of rotatable bonds is 7. The minimum absolute atomic E-state index is 0.0366. The maximum atomic E-state index is 13.6. The van der Waals surface area contributed by atoms with E-state index in [0.29, 0.717) is 30.8 Å². The van der Waals surface area contributed by atoms with Crippen molar-refractivity contribution in [1.29, 1.82) is 0 Å². The first-order valence-corrected chi connectivity index (χ1v) is 12.1. The molecule has 1 saturated heterocycles. The van der Waals surface area contributed by atoms with E-state index in [2.05, 4.69) is 10.3 Å². The van der Waals surface area contributed by atoms with E-state index in [9.17, 15) is 18.0 Å². The van der Waals surface area contributed by atoms with Crippen molar-refractivity contribution in [3.63, 3.8) is 0 Å². The summed E-state index contributed by atoms with van der Waals surface area (Å²) in [4.78, 5) is 29.5. The van der Waals surface area contributed by atoms with E-state index in [1.807, 2.05) is 12.1 Å². The molecule has 3 heterocycles. The van der Waals surface area contributed by atoms with Crippen LogP contribution in [0.3, 0.4) is 0 Å². The molecule has 0 bridgehead atoms. The fraction of sp³-hybridized carbons (Fsp3) is 0.500. The number of carbonyl (C=O) groups is 2. The van der Waals surface area contributed by atoms with E-state index in [1.54, 1.807) is 44.6 Å². The lowest BCUT2D eigenvalue weighted by Crippen LogP contribution is -2.45. The predicted octanol–water partition coefficient (Wildman–Crippen LogP) is 1.93. The number of carbonyl (C=O) groups excluding carboxylic acids is 2. The molecular formula is C22H30N4O5S. The van der Waals surface area contributed by atoms with Crippen LogP contribution in [-0.4, -0.2) is 53.8 Å². The maximum absolute atomic E-state index is 13.6. The number of pyridine rings is 1. The third kappa shape index (κ3) is 4.71. The minimum Gasteiger partial charge on any atom is -0.462 e. The van der Waals surface area contributed by atoms with Gasteiger partial charge < -0.3 is 14.6 Å². The van der Waals surface area contributed by atoms with Gasteiger partial charge in [-0.25, -0.2) is 13.2 Å². The number of hydrogen-bond acceptors (Lipinski definition) is 6. The van der Waals surface area contributed by atoms with Crippen LogP contribution < -0.4 is 5.32 Å². The third-order valence-corrected chi connectivity index (χ3v) is 7.95. The lowest BCUT2D eigenvalue weighted by Gasteiger charge is -2.31. The Labute approximate surface area is 188 Å². The van der Waals surface area contributed by atoms with Gasteiger partial charge in [0, 0.05) is 37.7 Å². The fourth-order valence-electron chi connectivity index (χ4n) is 4.00. The van der Waals surface area contributed by atoms with Crippen LogP contribution in [0.5, 0.6) is 0 Å². The molecule has 0 radical (unpaired) electrons. The number of nitrogens with one attached hydrogen (secondary N) is 1. The monoisotopic (exact) mass is 462 g/mol. The molecule has 1 amide bonds. The average Bonchev–Trinajstić information content (AvgIpc) is 3.03. The SMILES string of the molecule is CCOC(=O)c1c(S(=O)(=O)N2CCCC(C(=O)NCc3ccccn3)C2)c(C)n(C)c1C. The molecule has 32 heavy (non-hydrogen) atoms. The Morgan fingerprint density at radius 3 is 2.66 bits per heavy atom. The van der Waals surface area contributed by atoms with Gasteiger partial charge in [-0.2, -0.15) is 4.31 Å². The number of amides is 1. The van der Waals surface area contributed by atoms with Crippen molar-refractivity contribution in [2.24, 2.45) is 13.0 Å². The molecule has 174 valence electrons. The molecule has 0 saturated carbocycles. The zero-order valence-corrected chi connectivity index (χ0v) is 19.7. The normalized spacial score (nSPS) is 17.2. The van der Waals surface area contributed by atoms with Crippen molar-refractivity contribution in [2.75, 3.05) is 19.7 Å². The summed E-state index contributed by atoms with van der Waals surface area (Å²) in [5, 5.41) is 2.85. The Kier molecular flexibility index (Phi) is 7.35. The zero-order chi connectivity index (χ0) is 23.5. The van der Waals surface area contributed by atoms with Crippen molar-refractivity contribution >= 4 is 21.9 Å². The molecule has 10 heteroatoms. The van der Waals surface area contributed by atoms with Crippen LogP contribution in [0.25, 0.3) is 0 Å². The number of hydrogen-bond donors (Lipinski definition) is 1. The van der Waals surface area contributed by atoms with E-state index in [0.717, 1.165) is 5.69 Å². The molecule has 1 N–H and O–H groups in total. The standard InChI is InChI=1S/C22H30N4O5S/c1-5-31-22(28)19-15(2)25(4)16(3)20(19)32(29,30)26-12-8-9-17(14-26)21(27)24-13-18-10-6-7-11-23-18/h6-7,10-11,17H,5,8-9,12-14H2,1-4H3,(H,24,27). The second-order valence-corrected chi connectivity index (χ2v) is 9.77. The van der Waals surface area contributed by atoms with Gasteiger partial charge in [0.15, 0.2) is 0 Å². The van der Waals surface area contributed by atoms with E-state index in [1.165, 1.54) is 4.31 Å². The molecule has 1 aliphatic rings. The van der Waals surface area contributed by atoms with Gasteiger partial charge in [0.1, 0.15) is 10.5 Å². The van der Waals surface area contributed by atoms with Gasteiger partial charge >= 0.3 is 5.97 Å². The summed E-state index contributed by atoms with van der Waals surface area (Å²) in [6, 6.07) is 5.46. The summed E-state index contributed by atoms with van der Waals surface area (Å²) in [5.74, 6) is -1.34. The van der Waals surface area contributed by atoms with E-state index < -0.39 is 21.9 Å². The highest BCUT2D eigenvalue weighted by molar-refractivity contribution is 7.89. The molecule has 2 aromatic rings. The molecule has 0 spiro atoms. The Morgan fingerprint density at radius 1 is 1.25 bits per heavy atom. The summed E-state index contributed by atoms with van der Waals surface area (Å²) in [6.07, 6.45) is 2.81. The molecule has 1 fully saturated rings. The highest BCUT2D eigenvalue weighted by atomic mass is 32.2. The first-order chi connectivity index (χ1) is 15.2. The Balaban J connectivity index is 1.82. The van der Waals surface area contributed by atoms with Crippen molar-refractivity contribution in [1.82, 2.24) is 19.2 Å². The quantitative estimate of drug-likeness (QED) is 0.630. The van der Waals surface area contributed by atoms with Gasteiger partial charge in [0.25, 0.3) is 0 Å². The van der Waals surface area contributed by atoms with Crippen LogP contribution in [0.1, 0.15) is 47.2 Å². The second kappa shape index (κ2) is 9.83. The van der Waals surface area contributed by atoms with E-state index in [-0.39, 0.29) is 36.1 Å². The van der Waals surface area contributed by atoms with Gasteiger partial charge in [-0.3, -0.25) is 9.78 Å². The van der Waals surface area contributed by atoms with Crippen LogP contribution >= 0.6 is 0 Å². The maximum Gasteiger partial charge on any atom is 0.341 e. The number of sulfonamides is 1. The summed E-state index contributed by atoms with van der Waals surface area (Å²) in [5.41, 5.74) is 1.79. The lowest BCUT2D eigenvalue weighted by atomic mass is 9.99. The first-order valence-electron chi connectivity index (χ1n) is 10.7. The molecule has 1 atom stereocenters. The van der Waals surface area contributed by atoms with Crippen molar-refractivity contribution in [3.05, 3.63) is 47.0 Å².